The molecule has 3 rings (SSSR count). The van der Waals surface area contributed by atoms with Gasteiger partial charge < -0.3 is 15.0 Å². The van der Waals surface area contributed by atoms with Crippen molar-refractivity contribution in [2.24, 2.45) is 0 Å². The number of aryl methyl sites for hydroxylation is 2. The summed E-state index contributed by atoms with van der Waals surface area (Å²) in [7, 11) is 0. The Kier molecular flexibility index (Phi) is 4.59. The first-order valence-corrected chi connectivity index (χ1v) is 8.52. The van der Waals surface area contributed by atoms with Crippen molar-refractivity contribution >= 4 is 17.2 Å². The number of nitrogens with zero attached hydrogens (tertiary/aromatic N) is 2. The van der Waals surface area contributed by atoms with Crippen LogP contribution in [0.4, 0.5) is 0 Å². The SMILES string of the molecule is Cc1nccn1[C@@H]1CC[C@@H](NC(=O)CCc2cccs2)[C@H]1O. The molecule has 0 aromatic carbocycles. The number of aliphatic hydroxyl groups excluding tert-OH is 1. The summed E-state index contributed by atoms with van der Waals surface area (Å²) in [5.41, 5.74) is 0. The van der Waals surface area contributed by atoms with Crippen LogP contribution in [-0.2, 0) is 11.2 Å². The van der Waals surface area contributed by atoms with Gasteiger partial charge in [0.05, 0.1) is 18.2 Å². The van der Waals surface area contributed by atoms with Gasteiger partial charge in [0.25, 0.3) is 0 Å². The lowest BCUT2D eigenvalue weighted by atomic mass is 10.1. The van der Waals surface area contributed by atoms with Gasteiger partial charge in [-0.1, -0.05) is 6.07 Å². The van der Waals surface area contributed by atoms with Gasteiger partial charge in [-0.05, 0) is 37.6 Å². The average molecular weight is 319 g/mol. The fourth-order valence-electron chi connectivity index (χ4n) is 3.13. The predicted octanol–water partition coefficient (Wildman–Crippen LogP) is 2.07. The predicted molar refractivity (Wildman–Crippen MR) is 85.8 cm³/mol. The van der Waals surface area contributed by atoms with Crippen LogP contribution in [0.1, 0.15) is 36.0 Å². The van der Waals surface area contributed by atoms with E-state index in [2.05, 4.69) is 10.3 Å². The number of hydrogen-bond donors (Lipinski definition) is 2. The minimum atomic E-state index is -0.557. The number of carbonyl (C=O) groups excluding carboxylic acids is 1. The Morgan fingerprint density at radius 3 is 3.09 bits per heavy atom. The number of hydrogen-bond acceptors (Lipinski definition) is 4. The van der Waals surface area contributed by atoms with Gasteiger partial charge in [0.15, 0.2) is 0 Å². The Morgan fingerprint density at radius 1 is 1.55 bits per heavy atom. The Bertz CT molecular complexity index is 623. The highest BCUT2D eigenvalue weighted by molar-refractivity contribution is 7.09. The highest BCUT2D eigenvalue weighted by Crippen LogP contribution is 2.31. The molecule has 0 aliphatic heterocycles. The van der Waals surface area contributed by atoms with E-state index < -0.39 is 6.10 Å². The van der Waals surface area contributed by atoms with Gasteiger partial charge in [0.1, 0.15) is 5.82 Å². The fourth-order valence-corrected chi connectivity index (χ4v) is 3.84. The van der Waals surface area contributed by atoms with E-state index in [1.165, 1.54) is 4.88 Å². The lowest BCUT2D eigenvalue weighted by Gasteiger charge is -2.22. The third-order valence-electron chi connectivity index (χ3n) is 4.32. The maximum atomic E-state index is 12.1. The van der Waals surface area contributed by atoms with E-state index in [1.807, 2.05) is 35.2 Å². The molecular weight excluding hydrogens is 298 g/mol. The topological polar surface area (TPSA) is 67.2 Å². The third kappa shape index (κ3) is 3.23. The number of imidazole rings is 1. The zero-order valence-corrected chi connectivity index (χ0v) is 13.4. The minimum absolute atomic E-state index is 0.00472. The molecule has 0 bridgehead atoms. The third-order valence-corrected chi connectivity index (χ3v) is 5.26. The van der Waals surface area contributed by atoms with Crippen molar-refractivity contribution in [2.75, 3.05) is 0 Å². The highest BCUT2D eigenvalue weighted by Gasteiger charge is 2.36. The first kappa shape index (κ1) is 15.2. The summed E-state index contributed by atoms with van der Waals surface area (Å²) in [6.45, 7) is 1.93. The number of amides is 1. The molecule has 1 saturated carbocycles. The maximum absolute atomic E-state index is 12.1. The van der Waals surface area contributed by atoms with Crippen LogP contribution in [0.15, 0.2) is 29.9 Å². The molecule has 0 saturated heterocycles. The monoisotopic (exact) mass is 319 g/mol. The van der Waals surface area contributed by atoms with Crippen LogP contribution in [0, 0.1) is 6.92 Å². The van der Waals surface area contributed by atoms with Crippen LogP contribution in [0.5, 0.6) is 0 Å². The van der Waals surface area contributed by atoms with Crippen LogP contribution < -0.4 is 5.32 Å². The molecule has 5 nitrogen and oxygen atoms in total. The van der Waals surface area contributed by atoms with Crippen molar-refractivity contribution in [1.29, 1.82) is 0 Å². The average Bonchev–Trinajstić information content (AvgIpc) is 3.21. The highest BCUT2D eigenvalue weighted by atomic mass is 32.1. The van der Waals surface area contributed by atoms with Gasteiger partial charge >= 0.3 is 0 Å². The molecule has 2 N–H and O–H groups in total. The van der Waals surface area contributed by atoms with Gasteiger partial charge in [0.2, 0.25) is 5.91 Å². The molecule has 1 amide bonds. The minimum Gasteiger partial charge on any atom is -0.389 e. The molecule has 2 aromatic rings. The van der Waals surface area contributed by atoms with Gasteiger partial charge in [-0.2, -0.15) is 0 Å². The van der Waals surface area contributed by atoms with Crippen LogP contribution in [0.25, 0.3) is 0 Å². The zero-order valence-electron chi connectivity index (χ0n) is 12.6. The summed E-state index contributed by atoms with van der Waals surface area (Å²) in [6, 6.07) is 3.88. The molecule has 0 radical (unpaired) electrons. The second-order valence-electron chi connectivity index (χ2n) is 5.77. The Balaban J connectivity index is 1.53. The molecular formula is C16H21N3O2S. The fraction of sp³-hybridized carbons (Fsp3) is 0.500. The normalized spacial score (nSPS) is 24.5. The Morgan fingerprint density at radius 2 is 2.41 bits per heavy atom. The van der Waals surface area contributed by atoms with Crippen LogP contribution >= 0.6 is 11.3 Å². The molecule has 1 fully saturated rings. The maximum Gasteiger partial charge on any atom is 0.220 e. The number of thiophene rings is 1. The van der Waals surface area contributed by atoms with Gasteiger partial charge in [-0.15, -0.1) is 11.3 Å². The largest absolute Gasteiger partial charge is 0.389 e. The summed E-state index contributed by atoms with van der Waals surface area (Å²) in [5.74, 6) is 0.911. The van der Waals surface area contributed by atoms with Crippen LogP contribution in [-0.4, -0.2) is 32.7 Å². The van der Waals surface area contributed by atoms with E-state index in [9.17, 15) is 9.90 Å². The quantitative estimate of drug-likeness (QED) is 0.886. The molecule has 2 aromatic heterocycles. The lowest BCUT2D eigenvalue weighted by molar-refractivity contribution is -0.122. The standard InChI is InChI=1S/C16H21N3O2S/c1-11-17-8-9-19(11)14-6-5-13(16(14)21)18-15(20)7-4-12-3-2-10-22-12/h2-3,8-10,13-14,16,21H,4-7H2,1H3,(H,18,20)/t13-,14-,16-/m1/s1. The Labute approximate surface area is 134 Å². The van der Waals surface area contributed by atoms with Crippen molar-refractivity contribution in [3.05, 3.63) is 40.6 Å². The van der Waals surface area contributed by atoms with E-state index in [0.29, 0.717) is 6.42 Å². The van der Waals surface area contributed by atoms with Crippen molar-refractivity contribution < 1.29 is 9.90 Å². The number of carbonyl (C=O) groups is 1. The second kappa shape index (κ2) is 6.62. The first-order valence-electron chi connectivity index (χ1n) is 7.64. The van der Waals surface area contributed by atoms with Gasteiger partial charge in [0, 0.05) is 23.7 Å². The summed E-state index contributed by atoms with van der Waals surface area (Å²) in [5, 5.41) is 15.5. The molecule has 1 aliphatic carbocycles. The number of nitrogens with one attached hydrogen (secondary N) is 1. The lowest BCUT2D eigenvalue weighted by Crippen LogP contribution is -2.42. The van der Waals surface area contributed by atoms with Crippen molar-refractivity contribution in [3.63, 3.8) is 0 Å². The van der Waals surface area contributed by atoms with E-state index in [4.69, 9.17) is 0 Å². The second-order valence-corrected chi connectivity index (χ2v) is 6.80. The van der Waals surface area contributed by atoms with Gasteiger partial charge in [-0.3, -0.25) is 4.79 Å². The number of aromatic nitrogens is 2. The smallest absolute Gasteiger partial charge is 0.220 e. The molecule has 3 atom stereocenters. The van der Waals surface area contributed by atoms with E-state index in [-0.39, 0.29) is 18.0 Å². The number of aliphatic hydroxyl groups is 1. The van der Waals surface area contributed by atoms with E-state index in [1.54, 1.807) is 17.5 Å². The summed E-state index contributed by atoms with van der Waals surface area (Å²) in [6.07, 6.45) is 5.97. The molecule has 6 heteroatoms. The number of rotatable bonds is 5. The first-order chi connectivity index (χ1) is 10.6. The molecule has 1 aliphatic rings. The summed E-state index contributed by atoms with van der Waals surface area (Å²) >= 11 is 1.67. The van der Waals surface area contributed by atoms with Gasteiger partial charge in [-0.25, -0.2) is 4.98 Å². The summed E-state index contributed by atoms with van der Waals surface area (Å²) < 4.78 is 2.00. The van der Waals surface area contributed by atoms with E-state index in [0.717, 1.165) is 25.1 Å². The van der Waals surface area contributed by atoms with Crippen molar-refractivity contribution in [3.8, 4) is 0 Å². The molecule has 2 heterocycles. The zero-order chi connectivity index (χ0) is 15.5. The molecule has 0 spiro atoms. The molecule has 0 unspecified atom stereocenters. The van der Waals surface area contributed by atoms with Crippen LogP contribution in [0.2, 0.25) is 0 Å². The van der Waals surface area contributed by atoms with Crippen molar-refractivity contribution in [1.82, 2.24) is 14.9 Å². The summed E-state index contributed by atoms with van der Waals surface area (Å²) in [4.78, 5) is 17.5. The van der Waals surface area contributed by atoms with Crippen molar-refractivity contribution in [2.45, 2.75) is 50.8 Å². The Hall–Kier alpha value is -1.66. The molecule has 22 heavy (non-hydrogen) atoms. The molecule has 118 valence electrons. The van der Waals surface area contributed by atoms with E-state index >= 15 is 0 Å². The van der Waals surface area contributed by atoms with Crippen LogP contribution in [0.3, 0.4) is 0 Å².